The summed E-state index contributed by atoms with van der Waals surface area (Å²) in [4.78, 5) is 24.0. The molecule has 0 aromatic heterocycles. The van der Waals surface area contributed by atoms with Crippen LogP contribution in [0.2, 0.25) is 0 Å². The standard InChI is InChI=1S/C16H11NO3/c18-11-7-5-10(6-8-11)15(19)9-13-12-3-1-2-4-14(12)17-16(13)20/h1-9,18H,(H,17,20)/b13-9+. The zero-order valence-electron chi connectivity index (χ0n) is 10.5. The number of aromatic hydroxyl groups is 1. The summed E-state index contributed by atoms with van der Waals surface area (Å²) in [5.74, 6) is -0.455. The van der Waals surface area contributed by atoms with E-state index in [0.717, 1.165) is 5.56 Å². The number of allylic oxidation sites excluding steroid dienone is 1. The number of fused-ring (bicyclic) bond motifs is 1. The molecule has 1 aliphatic heterocycles. The van der Waals surface area contributed by atoms with Gasteiger partial charge in [0.1, 0.15) is 5.75 Å². The number of hydrogen-bond donors (Lipinski definition) is 2. The first-order valence-electron chi connectivity index (χ1n) is 6.11. The average Bonchev–Trinajstić information content (AvgIpc) is 2.76. The number of amides is 1. The van der Waals surface area contributed by atoms with Gasteiger partial charge in [-0.2, -0.15) is 0 Å². The molecule has 0 saturated carbocycles. The van der Waals surface area contributed by atoms with Gasteiger partial charge in [-0.25, -0.2) is 0 Å². The minimum Gasteiger partial charge on any atom is -0.508 e. The Morgan fingerprint density at radius 2 is 1.75 bits per heavy atom. The van der Waals surface area contributed by atoms with Crippen LogP contribution in [-0.2, 0) is 4.79 Å². The summed E-state index contributed by atoms with van der Waals surface area (Å²) in [6.45, 7) is 0. The highest BCUT2D eigenvalue weighted by Gasteiger charge is 2.24. The van der Waals surface area contributed by atoms with E-state index in [4.69, 9.17) is 0 Å². The first kappa shape index (κ1) is 12.2. The molecule has 0 atom stereocenters. The summed E-state index contributed by atoms with van der Waals surface area (Å²) in [6, 6.07) is 13.1. The van der Waals surface area contributed by atoms with E-state index in [1.165, 1.54) is 30.3 Å². The smallest absolute Gasteiger partial charge is 0.256 e. The Labute approximate surface area is 115 Å². The molecule has 0 radical (unpaired) electrons. The maximum atomic E-state index is 12.1. The third-order valence-electron chi connectivity index (χ3n) is 3.14. The summed E-state index contributed by atoms with van der Waals surface area (Å²) in [5, 5.41) is 11.9. The largest absolute Gasteiger partial charge is 0.508 e. The van der Waals surface area contributed by atoms with Crippen molar-refractivity contribution in [2.24, 2.45) is 0 Å². The minimum atomic E-state index is -0.279. The number of benzene rings is 2. The van der Waals surface area contributed by atoms with Gasteiger partial charge in [0.05, 0.1) is 5.57 Å². The van der Waals surface area contributed by atoms with Crippen LogP contribution in [0.5, 0.6) is 5.75 Å². The predicted molar refractivity (Wildman–Crippen MR) is 75.5 cm³/mol. The molecule has 20 heavy (non-hydrogen) atoms. The van der Waals surface area contributed by atoms with Crippen LogP contribution in [0.1, 0.15) is 15.9 Å². The fourth-order valence-corrected chi connectivity index (χ4v) is 2.12. The Morgan fingerprint density at radius 1 is 1.05 bits per heavy atom. The molecule has 0 unspecified atom stereocenters. The molecule has 0 spiro atoms. The number of anilines is 1. The molecule has 4 nitrogen and oxygen atoms in total. The SMILES string of the molecule is O=C1Nc2ccccc2/C1=C\C(=O)c1ccc(O)cc1. The molecule has 1 amide bonds. The number of nitrogens with one attached hydrogen (secondary N) is 1. The summed E-state index contributed by atoms with van der Waals surface area (Å²) in [5.41, 5.74) is 2.22. The number of phenols is 1. The number of ketones is 1. The molecule has 0 bridgehead atoms. The molecule has 1 aliphatic rings. The van der Waals surface area contributed by atoms with Crippen molar-refractivity contribution in [3.63, 3.8) is 0 Å². The molecule has 1 heterocycles. The highest BCUT2D eigenvalue weighted by molar-refractivity contribution is 6.35. The van der Waals surface area contributed by atoms with Crippen molar-refractivity contribution < 1.29 is 14.7 Å². The molecule has 2 aromatic rings. The van der Waals surface area contributed by atoms with E-state index in [2.05, 4.69) is 5.32 Å². The Morgan fingerprint density at radius 3 is 2.50 bits per heavy atom. The molecule has 0 saturated heterocycles. The Bertz CT molecular complexity index is 730. The van der Waals surface area contributed by atoms with E-state index in [-0.39, 0.29) is 17.4 Å². The van der Waals surface area contributed by atoms with Gasteiger partial charge >= 0.3 is 0 Å². The number of hydrogen-bond acceptors (Lipinski definition) is 3. The maximum Gasteiger partial charge on any atom is 0.256 e. The van der Waals surface area contributed by atoms with E-state index in [9.17, 15) is 14.7 Å². The zero-order valence-corrected chi connectivity index (χ0v) is 10.5. The van der Waals surface area contributed by atoms with Gasteiger partial charge in [-0.1, -0.05) is 18.2 Å². The van der Waals surface area contributed by atoms with Gasteiger partial charge in [-0.15, -0.1) is 0 Å². The Balaban J connectivity index is 1.98. The van der Waals surface area contributed by atoms with Gasteiger partial charge in [0.25, 0.3) is 5.91 Å². The molecule has 0 aliphatic carbocycles. The Kier molecular flexibility index (Phi) is 2.84. The summed E-state index contributed by atoms with van der Waals surface area (Å²) >= 11 is 0. The number of carbonyl (C=O) groups is 2. The summed E-state index contributed by atoms with van der Waals surface area (Å²) in [6.07, 6.45) is 1.33. The quantitative estimate of drug-likeness (QED) is 0.648. The normalized spacial score (nSPS) is 15.0. The van der Waals surface area contributed by atoms with E-state index < -0.39 is 0 Å². The second kappa shape index (κ2) is 4.66. The molecule has 4 heteroatoms. The number of rotatable bonds is 2. The monoisotopic (exact) mass is 265 g/mol. The third kappa shape index (κ3) is 2.07. The van der Waals surface area contributed by atoms with Crippen LogP contribution in [0.4, 0.5) is 5.69 Å². The lowest BCUT2D eigenvalue weighted by atomic mass is 10.0. The van der Waals surface area contributed by atoms with E-state index >= 15 is 0 Å². The van der Waals surface area contributed by atoms with Crippen molar-refractivity contribution >= 4 is 23.0 Å². The summed E-state index contributed by atoms with van der Waals surface area (Å²) < 4.78 is 0. The molecule has 3 rings (SSSR count). The summed E-state index contributed by atoms with van der Waals surface area (Å²) in [7, 11) is 0. The second-order valence-corrected chi connectivity index (χ2v) is 4.47. The molecule has 2 aromatic carbocycles. The van der Waals surface area contributed by atoms with Gasteiger partial charge in [-0.3, -0.25) is 9.59 Å². The minimum absolute atomic E-state index is 0.0955. The van der Waals surface area contributed by atoms with Gasteiger partial charge < -0.3 is 10.4 Å². The first-order chi connectivity index (χ1) is 9.65. The highest BCUT2D eigenvalue weighted by Crippen LogP contribution is 2.31. The molecular weight excluding hydrogens is 254 g/mol. The van der Waals surface area contributed by atoms with Gasteiger partial charge in [0.2, 0.25) is 0 Å². The van der Waals surface area contributed by atoms with E-state index in [1.54, 1.807) is 12.1 Å². The van der Waals surface area contributed by atoms with Crippen LogP contribution in [0.25, 0.3) is 5.57 Å². The van der Waals surface area contributed by atoms with Crippen molar-refractivity contribution in [1.82, 2.24) is 0 Å². The third-order valence-corrected chi connectivity index (χ3v) is 3.14. The van der Waals surface area contributed by atoms with E-state index in [1.807, 2.05) is 12.1 Å². The number of para-hydroxylation sites is 1. The van der Waals surface area contributed by atoms with Crippen LogP contribution in [0, 0.1) is 0 Å². The highest BCUT2D eigenvalue weighted by atomic mass is 16.3. The van der Waals surface area contributed by atoms with Gasteiger partial charge in [-0.05, 0) is 36.4 Å². The fraction of sp³-hybridized carbons (Fsp3) is 0. The molecule has 98 valence electrons. The topological polar surface area (TPSA) is 66.4 Å². The van der Waals surface area contributed by atoms with Crippen LogP contribution in [0.15, 0.2) is 54.6 Å². The Hall–Kier alpha value is -2.88. The number of carbonyl (C=O) groups excluding carboxylic acids is 2. The van der Waals surface area contributed by atoms with Crippen molar-refractivity contribution in [2.45, 2.75) is 0 Å². The van der Waals surface area contributed by atoms with Crippen LogP contribution >= 0.6 is 0 Å². The van der Waals surface area contributed by atoms with Crippen LogP contribution in [0.3, 0.4) is 0 Å². The molecular formula is C16H11NO3. The van der Waals surface area contributed by atoms with Crippen LogP contribution < -0.4 is 5.32 Å². The van der Waals surface area contributed by atoms with Crippen molar-refractivity contribution in [2.75, 3.05) is 5.32 Å². The van der Waals surface area contributed by atoms with Crippen molar-refractivity contribution in [3.05, 3.63) is 65.7 Å². The first-order valence-corrected chi connectivity index (χ1v) is 6.11. The predicted octanol–water partition coefficient (Wildman–Crippen LogP) is 2.61. The van der Waals surface area contributed by atoms with Crippen LogP contribution in [-0.4, -0.2) is 16.8 Å². The second-order valence-electron chi connectivity index (χ2n) is 4.47. The van der Waals surface area contributed by atoms with E-state index in [0.29, 0.717) is 16.8 Å². The molecule has 2 N–H and O–H groups in total. The van der Waals surface area contributed by atoms with Gasteiger partial charge in [0, 0.05) is 16.8 Å². The van der Waals surface area contributed by atoms with Gasteiger partial charge in [0.15, 0.2) is 5.78 Å². The zero-order chi connectivity index (χ0) is 14.1. The van der Waals surface area contributed by atoms with Crippen molar-refractivity contribution in [1.29, 1.82) is 0 Å². The fourth-order valence-electron chi connectivity index (χ4n) is 2.12. The molecule has 0 fully saturated rings. The lowest BCUT2D eigenvalue weighted by molar-refractivity contribution is -0.110. The number of phenolic OH excluding ortho intramolecular Hbond substituents is 1. The average molecular weight is 265 g/mol. The van der Waals surface area contributed by atoms with Crippen molar-refractivity contribution in [3.8, 4) is 5.75 Å². The maximum absolute atomic E-state index is 12.1. The lowest BCUT2D eigenvalue weighted by Crippen LogP contribution is -2.05. The lowest BCUT2D eigenvalue weighted by Gasteiger charge is -1.99.